The molecule has 0 spiro atoms. The van der Waals surface area contributed by atoms with Crippen molar-refractivity contribution in [2.75, 3.05) is 46.0 Å². The monoisotopic (exact) mass is 479 g/mol. The SMILES string of the molecule is CCCCCOc1cccc(C2/C(=C(\O)c3ccncc3)C(=O)C(=O)N2CCN2CCOCC2)c1. The highest BCUT2D eigenvalue weighted by atomic mass is 16.5. The molecule has 2 aliphatic heterocycles. The number of amides is 1. The minimum Gasteiger partial charge on any atom is -0.507 e. The molecular weight excluding hydrogens is 446 g/mol. The van der Waals surface area contributed by atoms with Crippen LogP contribution in [-0.4, -0.2) is 77.6 Å². The van der Waals surface area contributed by atoms with Gasteiger partial charge < -0.3 is 19.5 Å². The first-order chi connectivity index (χ1) is 17.1. The maximum atomic E-state index is 13.2. The van der Waals surface area contributed by atoms with Crippen molar-refractivity contribution in [2.45, 2.75) is 32.2 Å². The zero-order valence-corrected chi connectivity index (χ0v) is 20.2. The van der Waals surface area contributed by atoms with Crippen molar-refractivity contribution in [1.82, 2.24) is 14.8 Å². The van der Waals surface area contributed by atoms with Gasteiger partial charge in [-0.25, -0.2) is 0 Å². The molecule has 35 heavy (non-hydrogen) atoms. The molecule has 1 aromatic carbocycles. The molecule has 2 saturated heterocycles. The first-order valence-corrected chi connectivity index (χ1v) is 12.3. The van der Waals surface area contributed by atoms with E-state index >= 15 is 0 Å². The molecule has 8 nitrogen and oxygen atoms in total. The van der Waals surface area contributed by atoms with E-state index < -0.39 is 17.7 Å². The van der Waals surface area contributed by atoms with E-state index in [1.165, 1.54) is 0 Å². The Labute approximate surface area is 206 Å². The number of ketones is 1. The number of carbonyl (C=O) groups is 2. The van der Waals surface area contributed by atoms with Crippen molar-refractivity contribution in [3.63, 3.8) is 0 Å². The molecule has 0 aliphatic carbocycles. The molecule has 1 atom stereocenters. The Bertz CT molecular complexity index is 1050. The quantitative estimate of drug-likeness (QED) is 0.242. The third-order valence-corrected chi connectivity index (χ3v) is 6.45. The lowest BCUT2D eigenvalue weighted by Crippen LogP contribution is -2.42. The zero-order valence-electron chi connectivity index (χ0n) is 20.2. The largest absolute Gasteiger partial charge is 0.507 e. The number of morpholine rings is 1. The number of nitrogens with zero attached hydrogens (tertiary/aromatic N) is 3. The summed E-state index contributed by atoms with van der Waals surface area (Å²) >= 11 is 0. The van der Waals surface area contributed by atoms with Gasteiger partial charge in [0.25, 0.3) is 11.7 Å². The zero-order chi connectivity index (χ0) is 24.6. The number of unbranched alkanes of at least 4 members (excludes halogenated alkanes) is 2. The summed E-state index contributed by atoms with van der Waals surface area (Å²) in [7, 11) is 0. The van der Waals surface area contributed by atoms with Gasteiger partial charge in [0.1, 0.15) is 11.5 Å². The van der Waals surface area contributed by atoms with Gasteiger partial charge in [0, 0.05) is 44.1 Å². The molecule has 1 N–H and O–H groups in total. The predicted octanol–water partition coefficient (Wildman–Crippen LogP) is 3.40. The van der Waals surface area contributed by atoms with E-state index in [-0.39, 0.29) is 11.3 Å². The fourth-order valence-electron chi connectivity index (χ4n) is 4.51. The summed E-state index contributed by atoms with van der Waals surface area (Å²) in [6.07, 6.45) is 6.25. The number of likely N-dealkylation sites (tertiary alicyclic amines) is 1. The third-order valence-electron chi connectivity index (χ3n) is 6.45. The number of aliphatic hydroxyl groups is 1. The second kappa shape index (κ2) is 12.0. The normalized spacial score (nSPS) is 20.4. The van der Waals surface area contributed by atoms with E-state index in [1.54, 1.807) is 29.4 Å². The summed E-state index contributed by atoms with van der Waals surface area (Å²) in [5, 5.41) is 11.1. The Morgan fingerprint density at radius 2 is 1.89 bits per heavy atom. The van der Waals surface area contributed by atoms with Crippen molar-refractivity contribution < 1.29 is 24.2 Å². The van der Waals surface area contributed by atoms with E-state index in [2.05, 4.69) is 16.8 Å². The molecule has 8 heteroatoms. The summed E-state index contributed by atoms with van der Waals surface area (Å²) < 4.78 is 11.4. The van der Waals surface area contributed by atoms with Crippen LogP contribution in [0.1, 0.15) is 43.4 Å². The second-order valence-electron chi connectivity index (χ2n) is 8.81. The molecule has 4 rings (SSSR count). The van der Waals surface area contributed by atoms with Crippen molar-refractivity contribution in [3.8, 4) is 5.75 Å². The highest BCUT2D eigenvalue weighted by Gasteiger charge is 2.46. The van der Waals surface area contributed by atoms with Crippen LogP contribution < -0.4 is 4.74 Å². The van der Waals surface area contributed by atoms with Crippen LogP contribution in [0.2, 0.25) is 0 Å². The predicted molar refractivity (Wildman–Crippen MR) is 132 cm³/mol. The summed E-state index contributed by atoms with van der Waals surface area (Å²) in [6.45, 7) is 6.61. The van der Waals surface area contributed by atoms with Crippen LogP contribution in [0.5, 0.6) is 5.75 Å². The Morgan fingerprint density at radius 3 is 2.63 bits per heavy atom. The molecule has 0 saturated carbocycles. The minimum absolute atomic E-state index is 0.0892. The van der Waals surface area contributed by atoms with Crippen LogP contribution in [0.3, 0.4) is 0 Å². The first-order valence-electron chi connectivity index (χ1n) is 12.3. The van der Waals surface area contributed by atoms with Crippen LogP contribution in [0.15, 0.2) is 54.4 Å². The fourth-order valence-corrected chi connectivity index (χ4v) is 4.51. The molecule has 0 radical (unpaired) electrons. The number of ether oxygens (including phenoxy) is 2. The average Bonchev–Trinajstić information content (AvgIpc) is 3.16. The van der Waals surface area contributed by atoms with Crippen molar-refractivity contribution in [2.24, 2.45) is 0 Å². The number of rotatable bonds is 10. The van der Waals surface area contributed by atoms with Crippen LogP contribution in [0, 0.1) is 0 Å². The minimum atomic E-state index is -0.705. The number of benzene rings is 1. The van der Waals surface area contributed by atoms with Crippen LogP contribution in [-0.2, 0) is 14.3 Å². The maximum Gasteiger partial charge on any atom is 0.295 e. The van der Waals surface area contributed by atoms with Gasteiger partial charge in [0.2, 0.25) is 0 Å². The molecule has 1 unspecified atom stereocenters. The Morgan fingerprint density at radius 1 is 1.11 bits per heavy atom. The number of pyridine rings is 1. The number of hydrogen-bond acceptors (Lipinski definition) is 7. The fraction of sp³-hybridized carbons (Fsp3) is 0.444. The Balaban J connectivity index is 1.67. The lowest BCUT2D eigenvalue weighted by molar-refractivity contribution is -0.140. The van der Waals surface area contributed by atoms with Gasteiger partial charge in [-0.2, -0.15) is 0 Å². The van der Waals surface area contributed by atoms with E-state index in [0.717, 1.165) is 37.9 Å². The highest BCUT2D eigenvalue weighted by molar-refractivity contribution is 6.46. The van der Waals surface area contributed by atoms with Gasteiger partial charge in [0.05, 0.1) is 31.4 Å². The smallest absolute Gasteiger partial charge is 0.295 e. The van der Waals surface area contributed by atoms with E-state index in [4.69, 9.17) is 9.47 Å². The number of aliphatic hydroxyl groups excluding tert-OH is 1. The summed E-state index contributed by atoms with van der Waals surface area (Å²) in [6, 6.07) is 10.0. The summed E-state index contributed by atoms with van der Waals surface area (Å²) in [4.78, 5) is 34.2. The molecule has 1 aromatic heterocycles. The molecular formula is C27H33N3O5. The molecule has 0 bridgehead atoms. The molecule has 3 heterocycles. The lowest BCUT2D eigenvalue weighted by atomic mass is 9.95. The molecule has 2 aliphatic rings. The van der Waals surface area contributed by atoms with Gasteiger partial charge >= 0.3 is 0 Å². The topological polar surface area (TPSA) is 92.2 Å². The maximum absolute atomic E-state index is 13.2. The first kappa shape index (κ1) is 24.9. The standard InChI is InChI=1S/C27H33N3O5/c1-2-3-4-16-35-22-7-5-6-21(19-22)24-23(25(31)20-8-10-28-11-9-20)26(32)27(33)30(24)13-12-29-14-17-34-18-15-29/h5-11,19,24,31H,2-4,12-18H2,1H3/b25-23+. The highest BCUT2D eigenvalue weighted by Crippen LogP contribution is 2.40. The molecule has 186 valence electrons. The van der Waals surface area contributed by atoms with Gasteiger partial charge in [-0.15, -0.1) is 0 Å². The van der Waals surface area contributed by atoms with E-state index in [9.17, 15) is 14.7 Å². The summed E-state index contributed by atoms with van der Waals surface area (Å²) in [5.41, 5.74) is 1.27. The molecule has 2 aromatic rings. The van der Waals surface area contributed by atoms with Crippen molar-refractivity contribution in [1.29, 1.82) is 0 Å². The van der Waals surface area contributed by atoms with Crippen LogP contribution in [0.25, 0.3) is 5.76 Å². The van der Waals surface area contributed by atoms with Crippen molar-refractivity contribution >= 4 is 17.4 Å². The number of aromatic nitrogens is 1. The second-order valence-corrected chi connectivity index (χ2v) is 8.81. The van der Waals surface area contributed by atoms with Gasteiger partial charge in [-0.05, 0) is 36.2 Å². The van der Waals surface area contributed by atoms with Crippen LogP contribution in [0.4, 0.5) is 0 Å². The van der Waals surface area contributed by atoms with Gasteiger partial charge in [-0.3, -0.25) is 19.5 Å². The number of hydrogen-bond donors (Lipinski definition) is 1. The average molecular weight is 480 g/mol. The number of Topliss-reactive ketones (excluding diaryl/α,β-unsaturated/α-hetero) is 1. The lowest BCUT2D eigenvalue weighted by Gasteiger charge is -2.31. The van der Waals surface area contributed by atoms with E-state index in [0.29, 0.717) is 44.2 Å². The Kier molecular flexibility index (Phi) is 8.50. The Hall–Kier alpha value is -3.23. The van der Waals surface area contributed by atoms with Gasteiger partial charge in [-0.1, -0.05) is 31.9 Å². The van der Waals surface area contributed by atoms with Gasteiger partial charge in [0.15, 0.2) is 0 Å². The molecule has 1 amide bonds. The molecule has 2 fully saturated rings. The van der Waals surface area contributed by atoms with Crippen LogP contribution >= 0.6 is 0 Å². The van der Waals surface area contributed by atoms with Crippen molar-refractivity contribution in [3.05, 3.63) is 65.5 Å². The third kappa shape index (κ3) is 5.89. The summed E-state index contributed by atoms with van der Waals surface area (Å²) in [5.74, 6) is -0.797. The number of carbonyl (C=O) groups excluding carboxylic acids is 2. The van der Waals surface area contributed by atoms with E-state index in [1.807, 2.05) is 24.3 Å².